The zero-order chi connectivity index (χ0) is 12.8. The molecule has 2 aromatic rings. The van der Waals surface area contributed by atoms with E-state index in [1.807, 2.05) is 54.6 Å². The maximum Gasteiger partial charge on any atom is 0.118 e. The van der Waals surface area contributed by atoms with Gasteiger partial charge in [0.15, 0.2) is 0 Å². The lowest BCUT2D eigenvalue weighted by molar-refractivity contribution is 0.414. The third kappa shape index (κ3) is 2.89. The zero-order valence-electron chi connectivity index (χ0n) is 10.3. The van der Waals surface area contributed by atoms with Gasteiger partial charge in [-0.25, -0.2) is 0 Å². The quantitative estimate of drug-likeness (QED) is 0.814. The van der Waals surface area contributed by atoms with Crippen LogP contribution < -0.4 is 4.74 Å². The van der Waals surface area contributed by atoms with Crippen LogP contribution in [0.15, 0.2) is 54.6 Å². The lowest BCUT2D eigenvalue weighted by Gasteiger charge is -2.09. The van der Waals surface area contributed by atoms with Crippen LogP contribution >= 0.6 is 0 Å². The predicted molar refractivity (Wildman–Crippen MR) is 71.5 cm³/mol. The molecule has 0 unspecified atom stereocenters. The first kappa shape index (κ1) is 12.2. The van der Waals surface area contributed by atoms with E-state index in [1.54, 1.807) is 7.11 Å². The number of nitriles is 1. The van der Waals surface area contributed by atoms with E-state index >= 15 is 0 Å². The fourth-order valence-electron chi connectivity index (χ4n) is 1.92. The SMILES string of the molecule is COc1ccc(C[C@H](C#N)c2ccccc2)cc1. The van der Waals surface area contributed by atoms with Gasteiger partial charge in [-0.1, -0.05) is 42.5 Å². The Kier molecular flexibility index (Phi) is 3.98. The predicted octanol–water partition coefficient (Wildman–Crippen LogP) is 3.55. The van der Waals surface area contributed by atoms with Gasteiger partial charge in [0, 0.05) is 0 Å². The van der Waals surface area contributed by atoms with Crippen LogP contribution in [0, 0.1) is 11.3 Å². The topological polar surface area (TPSA) is 33.0 Å². The van der Waals surface area contributed by atoms with Crippen LogP contribution in [-0.2, 0) is 6.42 Å². The second kappa shape index (κ2) is 5.88. The van der Waals surface area contributed by atoms with E-state index < -0.39 is 0 Å². The Balaban J connectivity index is 2.13. The van der Waals surface area contributed by atoms with Gasteiger partial charge in [0.25, 0.3) is 0 Å². The molecular formula is C16H15NO. The smallest absolute Gasteiger partial charge is 0.118 e. The first-order valence-corrected chi connectivity index (χ1v) is 5.91. The van der Waals surface area contributed by atoms with Gasteiger partial charge in [-0.15, -0.1) is 0 Å². The molecule has 0 N–H and O–H groups in total. The average molecular weight is 237 g/mol. The number of rotatable bonds is 4. The lowest BCUT2D eigenvalue weighted by atomic mass is 9.93. The number of benzene rings is 2. The number of hydrogen-bond donors (Lipinski definition) is 0. The van der Waals surface area contributed by atoms with Crippen molar-refractivity contribution in [1.82, 2.24) is 0 Å². The Morgan fingerprint density at radius 2 is 1.72 bits per heavy atom. The molecule has 2 nitrogen and oxygen atoms in total. The monoisotopic (exact) mass is 237 g/mol. The summed E-state index contributed by atoms with van der Waals surface area (Å²) in [5.74, 6) is 0.742. The van der Waals surface area contributed by atoms with Crippen LogP contribution in [-0.4, -0.2) is 7.11 Å². The number of ether oxygens (including phenoxy) is 1. The molecule has 0 aliphatic carbocycles. The summed E-state index contributed by atoms with van der Waals surface area (Å²) >= 11 is 0. The van der Waals surface area contributed by atoms with Crippen LogP contribution in [0.25, 0.3) is 0 Å². The highest BCUT2D eigenvalue weighted by atomic mass is 16.5. The minimum absolute atomic E-state index is 0.0976. The van der Waals surface area contributed by atoms with Crippen LogP contribution in [0.2, 0.25) is 0 Å². The van der Waals surface area contributed by atoms with Crippen molar-refractivity contribution in [3.05, 3.63) is 65.7 Å². The maximum atomic E-state index is 9.27. The maximum absolute atomic E-state index is 9.27. The van der Waals surface area contributed by atoms with Crippen molar-refractivity contribution in [1.29, 1.82) is 5.26 Å². The van der Waals surface area contributed by atoms with Gasteiger partial charge >= 0.3 is 0 Å². The Hall–Kier alpha value is -2.27. The molecule has 0 aliphatic rings. The summed E-state index contributed by atoms with van der Waals surface area (Å²) in [4.78, 5) is 0. The molecule has 90 valence electrons. The fourth-order valence-corrected chi connectivity index (χ4v) is 1.92. The standard InChI is InChI=1S/C16H15NO/c1-18-16-9-7-13(8-10-16)11-15(12-17)14-5-3-2-4-6-14/h2-10,15H,11H2,1H3/t15-/m1/s1. The summed E-state index contributed by atoms with van der Waals surface area (Å²) in [6, 6.07) is 20.1. The van der Waals surface area contributed by atoms with Crippen LogP contribution in [0.1, 0.15) is 17.0 Å². The fraction of sp³-hybridized carbons (Fsp3) is 0.188. The van der Waals surface area contributed by atoms with Crippen molar-refractivity contribution in [3.63, 3.8) is 0 Å². The van der Waals surface area contributed by atoms with Gasteiger partial charge in [-0.2, -0.15) is 5.26 Å². The van der Waals surface area contributed by atoms with Gasteiger partial charge in [-0.3, -0.25) is 0 Å². The molecule has 0 saturated heterocycles. The third-order valence-corrected chi connectivity index (χ3v) is 2.96. The largest absolute Gasteiger partial charge is 0.497 e. The molecule has 0 aliphatic heterocycles. The van der Waals surface area contributed by atoms with Gasteiger partial charge in [0.1, 0.15) is 5.75 Å². The minimum atomic E-state index is -0.0976. The van der Waals surface area contributed by atoms with E-state index in [4.69, 9.17) is 4.74 Å². The first-order chi connectivity index (χ1) is 8.83. The summed E-state index contributed by atoms with van der Waals surface area (Å²) < 4.78 is 5.12. The normalized spacial score (nSPS) is 11.6. The molecule has 0 bridgehead atoms. The van der Waals surface area contributed by atoms with Crippen molar-refractivity contribution >= 4 is 0 Å². The van der Waals surface area contributed by atoms with E-state index in [0.717, 1.165) is 23.3 Å². The van der Waals surface area contributed by atoms with Crippen LogP contribution in [0.5, 0.6) is 5.75 Å². The molecule has 2 rings (SSSR count). The number of nitrogens with zero attached hydrogens (tertiary/aromatic N) is 1. The average Bonchev–Trinajstić information content (AvgIpc) is 2.46. The second-order valence-corrected chi connectivity index (χ2v) is 4.14. The highest BCUT2D eigenvalue weighted by Crippen LogP contribution is 2.21. The van der Waals surface area contributed by atoms with Gasteiger partial charge in [-0.05, 0) is 29.7 Å². The number of hydrogen-bond acceptors (Lipinski definition) is 2. The minimum Gasteiger partial charge on any atom is -0.497 e. The lowest BCUT2D eigenvalue weighted by Crippen LogP contribution is -2.00. The molecule has 0 fully saturated rings. The molecule has 0 heterocycles. The van der Waals surface area contributed by atoms with E-state index in [9.17, 15) is 5.26 Å². The summed E-state index contributed by atoms with van der Waals surface area (Å²) in [6.45, 7) is 0. The van der Waals surface area contributed by atoms with Crippen molar-refractivity contribution in [2.75, 3.05) is 7.11 Å². The molecule has 1 atom stereocenters. The Morgan fingerprint density at radius 3 is 2.28 bits per heavy atom. The van der Waals surface area contributed by atoms with Crippen molar-refractivity contribution in [3.8, 4) is 11.8 Å². The van der Waals surface area contributed by atoms with E-state index in [0.29, 0.717) is 0 Å². The first-order valence-electron chi connectivity index (χ1n) is 5.91. The van der Waals surface area contributed by atoms with E-state index in [2.05, 4.69) is 6.07 Å². The zero-order valence-corrected chi connectivity index (χ0v) is 10.3. The van der Waals surface area contributed by atoms with E-state index in [1.165, 1.54) is 0 Å². The summed E-state index contributed by atoms with van der Waals surface area (Å²) in [7, 11) is 1.65. The van der Waals surface area contributed by atoms with Crippen LogP contribution in [0.3, 0.4) is 0 Å². The van der Waals surface area contributed by atoms with Crippen molar-refractivity contribution in [2.45, 2.75) is 12.3 Å². The molecule has 0 aromatic heterocycles. The second-order valence-electron chi connectivity index (χ2n) is 4.14. The van der Waals surface area contributed by atoms with Crippen molar-refractivity contribution in [2.24, 2.45) is 0 Å². The Labute approximate surface area is 107 Å². The number of methoxy groups -OCH3 is 1. The van der Waals surface area contributed by atoms with Gasteiger partial charge < -0.3 is 4.74 Å². The molecule has 18 heavy (non-hydrogen) atoms. The molecule has 2 heteroatoms. The Morgan fingerprint density at radius 1 is 1.06 bits per heavy atom. The van der Waals surface area contributed by atoms with Gasteiger partial charge in [0.2, 0.25) is 0 Å². The highest BCUT2D eigenvalue weighted by molar-refractivity contribution is 5.32. The molecule has 0 radical (unpaired) electrons. The summed E-state index contributed by atoms with van der Waals surface area (Å²) in [6.07, 6.45) is 0.727. The summed E-state index contributed by atoms with van der Waals surface area (Å²) in [5, 5.41) is 9.27. The molecule has 0 spiro atoms. The van der Waals surface area contributed by atoms with E-state index in [-0.39, 0.29) is 5.92 Å². The Bertz CT molecular complexity index is 525. The van der Waals surface area contributed by atoms with Gasteiger partial charge in [0.05, 0.1) is 19.1 Å². The summed E-state index contributed by atoms with van der Waals surface area (Å²) in [5.41, 5.74) is 2.21. The van der Waals surface area contributed by atoms with Crippen molar-refractivity contribution < 1.29 is 4.74 Å². The molecular weight excluding hydrogens is 222 g/mol. The highest BCUT2D eigenvalue weighted by Gasteiger charge is 2.10. The molecule has 0 amide bonds. The van der Waals surface area contributed by atoms with Crippen LogP contribution in [0.4, 0.5) is 0 Å². The molecule has 2 aromatic carbocycles. The third-order valence-electron chi connectivity index (χ3n) is 2.96. The molecule has 0 saturated carbocycles.